The molecule has 3 aliphatic rings. The number of fused-ring (bicyclic) bond motifs is 3. The predicted molar refractivity (Wildman–Crippen MR) is 121 cm³/mol. The number of halogens is 1. The number of rotatable bonds is 2. The average molecular weight is 433 g/mol. The first-order chi connectivity index (χ1) is 15.5. The van der Waals surface area contributed by atoms with E-state index in [0.29, 0.717) is 35.7 Å². The second-order valence-electron chi connectivity index (χ2n) is 8.35. The highest BCUT2D eigenvalue weighted by Gasteiger charge is 2.27. The van der Waals surface area contributed by atoms with Crippen LogP contribution in [0.4, 0.5) is 9.18 Å². The van der Waals surface area contributed by atoms with E-state index in [9.17, 15) is 14.0 Å². The van der Waals surface area contributed by atoms with Crippen LogP contribution in [0.5, 0.6) is 0 Å². The molecule has 0 spiro atoms. The number of benzene rings is 2. The molecule has 0 aromatic heterocycles. The van der Waals surface area contributed by atoms with E-state index in [4.69, 9.17) is 0 Å². The molecule has 164 valence electrons. The second kappa shape index (κ2) is 7.87. The molecule has 0 radical (unpaired) electrons. The molecule has 8 heteroatoms. The first kappa shape index (κ1) is 20.4. The number of pyridine rings is 1. The molecule has 0 unspecified atom stereocenters. The van der Waals surface area contributed by atoms with E-state index < -0.39 is 11.4 Å². The van der Waals surface area contributed by atoms with Gasteiger partial charge in [-0.1, -0.05) is 30.3 Å². The van der Waals surface area contributed by atoms with Crippen LogP contribution in [-0.2, 0) is 0 Å². The molecule has 2 aromatic carbocycles. The van der Waals surface area contributed by atoms with Crippen molar-refractivity contribution in [3.05, 3.63) is 70.9 Å². The summed E-state index contributed by atoms with van der Waals surface area (Å²) in [7, 11) is 0. The largest absolute Gasteiger partial charge is 0.328 e. The van der Waals surface area contributed by atoms with Crippen molar-refractivity contribution in [1.82, 2.24) is 24.1 Å². The average Bonchev–Trinajstić information content (AvgIpc) is 3.15. The van der Waals surface area contributed by atoms with Crippen LogP contribution in [0.2, 0.25) is 0 Å². The minimum Gasteiger partial charge on any atom is -0.321 e. The molecule has 1 saturated heterocycles. The second-order valence-corrected chi connectivity index (χ2v) is 8.35. The van der Waals surface area contributed by atoms with Gasteiger partial charge in [0.2, 0.25) is 0 Å². The van der Waals surface area contributed by atoms with Crippen molar-refractivity contribution >= 4 is 16.9 Å². The van der Waals surface area contributed by atoms with E-state index in [-0.39, 0.29) is 17.3 Å². The van der Waals surface area contributed by atoms with Crippen LogP contribution in [-0.4, -0.2) is 62.4 Å². The number of carbonyl (C=O) groups is 1. The zero-order chi connectivity index (χ0) is 22.4. The molecular weight excluding hydrogens is 409 g/mol. The molecule has 0 saturated carbocycles. The van der Waals surface area contributed by atoms with E-state index in [1.54, 1.807) is 18.3 Å². The summed E-state index contributed by atoms with van der Waals surface area (Å²) in [5, 5.41) is 5.11. The molecule has 32 heavy (non-hydrogen) atoms. The maximum absolute atomic E-state index is 14.4. The minimum absolute atomic E-state index is 0.0838. The Morgan fingerprint density at radius 3 is 2.41 bits per heavy atom. The van der Waals surface area contributed by atoms with Gasteiger partial charge in [-0.3, -0.25) is 14.3 Å². The molecule has 0 atom stereocenters. The fourth-order valence-corrected chi connectivity index (χ4v) is 4.34. The highest BCUT2D eigenvalue weighted by atomic mass is 19.1. The fraction of sp³-hybridized carbons (Fsp3) is 0.292. The van der Waals surface area contributed by atoms with Gasteiger partial charge in [0, 0.05) is 43.8 Å². The number of piperazine rings is 1. The van der Waals surface area contributed by atoms with Crippen LogP contribution >= 0.6 is 0 Å². The van der Waals surface area contributed by atoms with Crippen LogP contribution in [0.25, 0.3) is 27.8 Å². The van der Waals surface area contributed by atoms with E-state index in [1.165, 1.54) is 16.7 Å². The Kier molecular flexibility index (Phi) is 5.01. The van der Waals surface area contributed by atoms with Crippen molar-refractivity contribution in [2.75, 3.05) is 26.2 Å². The van der Waals surface area contributed by atoms with Gasteiger partial charge >= 0.3 is 6.03 Å². The van der Waals surface area contributed by atoms with E-state index in [1.807, 2.05) is 29.2 Å². The Hall–Kier alpha value is -3.52. The number of nitrogens with zero attached hydrogens (tertiary/aromatic N) is 5. The zero-order valence-corrected chi connectivity index (χ0v) is 18.0. The highest BCUT2D eigenvalue weighted by Crippen LogP contribution is 2.28. The van der Waals surface area contributed by atoms with Crippen molar-refractivity contribution in [3.63, 3.8) is 0 Å². The summed E-state index contributed by atoms with van der Waals surface area (Å²) in [6, 6.07) is 13.6. The molecule has 3 aliphatic heterocycles. The summed E-state index contributed by atoms with van der Waals surface area (Å²) in [6.45, 7) is 7.15. The molecule has 7 nitrogen and oxygen atoms in total. The van der Waals surface area contributed by atoms with Crippen molar-refractivity contribution < 1.29 is 9.18 Å². The molecule has 3 heterocycles. The number of hydrogen-bond donors (Lipinski definition) is 0. The number of aromatic nitrogens is 3. The monoisotopic (exact) mass is 433 g/mol. The lowest BCUT2D eigenvalue weighted by atomic mass is 10.1. The van der Waals surface area contributed by atoms with Crippen LogP contribution in [0, 0.1) is 5.82 Å². The van der Waals surface area contributed by atoms with Crippen molar-refractivity contribution in [2.24, 2.45) is 0 Å². The Morgan fingerprint density at radius 2 is 1.69 bits per heavy atom. The van der Waals surface area contributed by atoms with Gasteiger partial charge in [0.25, 0.3) is 5.56 Å². The third kappa shape index (κ3) is 3.27. The fourth-order valence-electron chi connectivity index (χ4n) is 4.34. The summed E-state index contributed by atoms with van der Waals surface area (Å²) in [5.74, 6) is -0.534. The molecule has 0 N–H and O–H groups in total. The summed E-state index contributed by atoms with van der Waals surface area (Å²) >= 11 is 0. The molecule has 5 rings (SSSR count). The van der Waals surface area contributed by atoms with Gasteiger partial charge in [0.15, 0.2) is 0 Å². The number of para-hydroxylation sites is 2. The molecule has 2 aromatic rings. The van der Waals surface area contributed by atoms with E-state index in [0.717, 1.165) is 17.8 Å². The number of hydrogen-bond acceptors (Lipinski definition) is 4. The number of carbonyl (C=O) groups excluding carboxylic acids is 1. The molecular formula is C24H24FN5O2. The lowest BCUT2D eigenvalue weighted by Crippen LogP contribution is -2.51. The first-order valence-corrected chi connectivity index (χ1v) is 10.8. The third-order valence-corrected chi connectivity index (χ3v) is 6.16. The van der Waals surface area contributed by atoms with Crippen molar-refractivity contribution in [3.8, 4) is 16.9 Å². The molecule has 0 bridgehead atoms. The van der Waals surface area contributed by atoms with Gasteiger partial charge in [-0.25, -0.2) is 9.18 Å². The SMILES string of the molecule is CC(C)N1CCN(C(=O)n2cc3c(=O)n(-c4ccccc4F)nc-3c3ccccc32)CC1. The Morgan fingerprint density at radius 1 is 1.00 bits per heavy atom. The zero-order valence-electron chi connectivity index (χ0n) is 18.0. The molecule has 1 fully saturated rings. The Bertz CT molecular complexity index is 1330. The molecule has 1 amide bonds. The van der Waals surface area contributed by atoms with Crippen LogP contribution in [0.1, 0.15) is 13.8 Å². The smallest absolute Gasteiger partial charge is 0.321 e. The first-order valence-electron chi connectivity index (χ1n) is 10.8. The topological polar surface area (TPSA) is 63.4 Å². The summed E-state index contributed by atoms with van der Waals surface area (Å²) < 4.78 is 17.0. The maximum atomic E-state index is 14.4. The standard InChI is InChI=1S/C24H24FN5O2/c1-16(2)27-11-13-28(14-12-27)24(32)29-15-18-22(17-7-3-5-9-20(17)29)26-30(23(18)31)21-10-6-4-8-19(21)25/h3-10,15-16H,11-14H2,1-2H3. The van der Waals surface area contributed by atoms with Gasteiger partial charge in [0.1, 0.15) is 17.2 Å². The van der Waals surface area contributed by atoms with Crippen molar-refractivity contribution in [1.29, 1.82) is 0 Å². The summed E-state index contributed by atoms with van der Waals surface area (Å²) in [4.78, 5) is 30.8. The minimum atomic E-state index is -0.534. The highest BCUT2D eigenvalue weighted by molar-refractivity contribution is 5.99. The Labute approximate surface area is 184 Å². The third-order valence-electron chi connectivity index (χ3n) is 6.16. The van der Waals surface area contributed by atoms with Crippen LogP contribution in [0.3, 0.4) is 0 Å². The van der Waals surface area contributed by atoms with E-state index in [2.05, 4.69) is 23.8 Å². The number of amides is 1. The summed E-state index contributed by atoms with van der Waals surface area (Å²) in [5.41, 5.74) is 1.01. The van der Waals surface area contributed by atoms with Gasteiger partial charge < -0.3 is 4.90 Å². The maximum Gasteiger partial charge on any atom is 0.328 e. The lowest BCUT2D eigenvalue weighted by molar-refractivity contribution is 0.120. The van der Waals surface area contributed by atoms with Crippen LogP contribution < -0.4 is 5.56 Å². The van der Waals surface area contributed by atoms with Crippen LogP contribution in [0.15, 0.2) is 59.5 Å². The van der Waals surface area contributed by atoms with Gasteiger partial charge in [0.05, 0.1) is 11.1 Å². The lowest BCUT2D eigenvalue weighted by Gasteiger charge is -2.37. The van der Waals surface area contributed by atoms with Gasteiger partial charge in [-0.2, -0.15) is 9.78 Å². The van der Waals surface area contributed by atoms with E-state index >= 15 is 0 Å². The quantitative estimate of drug-likeness (QED) is 0.486. The normalized spacial score (nSPS) is 15.2. The predicted octanol–water partition coefficient (Wildman–Crippen LogP) is 3.43. The van der Waals surface area contributed by atoms with Gasteiger partial charge in [-0.15, -0.1) is 0 Å². The summed E-state index contributed by atoms with van der Waals surface area (Å²) in [6.07, 6.45) is 1.54. The molecule has 0 aliphatic carbocycles. The van der Waals surface area contributed by atoms with Crippen molar-refractivity contribution in [2.45, 2.75) is 19.9 Å². The Balaban J connectivity index is 1.63. The van der Waals surface area contributed by atoms with Gasteiger partial charge in [-0.05, 0) is 32.0 Å².